The SMILES string of the molecule is CCOC(=O)CCCC(=O)O.ClC(Cl)Cl. The number of hydrogen-bond acceptors (Lipinski definition) is 3. The molecular weight excluding hydrogens is 266 g/mol. The van der Waals surface area contributed by atoms with E-state index in [4.69, 9.17) is 39.9 Å². The fraction of sp³-hybridized carbons (Fsp3) is 0.750. The molecule has 0 aromatic rings. The second-order valence-corrected chi connectivity index (χ2v) is 4.28. The van der Waals surface area contributed by atoms with E-state index in [1.54, 1.807) is 6.92 Å². The summed E-state index contributed by atoms with van der Waals surface area (Å²) in [5.74, 6) is -1.21. The summed E-state index contributed by atoms with van der Waals surface area (Å²) in [6.45, 7) is 2.07. The third-order valence-electron chi connectivity index (χ3n) is 1.08. The number of alkyl halides is 3. The maximum Gasteiger partial charge on any atom is 0.305 e. The first-order valence-electron chi connectivity index (χ1n) is 4.19. The Labute approximate surface area is 103 Å². The first-order chi connectivity index (χ1) is 6.90. The summed E-state index contributed by atoms with van der Waals surface area (Å²) in [7, 11) is 0. The number of rotatable bonds is 5. The standard InChI is InChI=1S/C7H12O4.CHCl3/c1-2-11-7(10)5-3-4-6(8)9;2-1(3)4/h2-5H2,1H3,(H,8,9);1H. The van der Waals surface area contributed by atoms with Crippen LogP contribution in [0.15, 0.2) is 0 Å². The molecule has 0 aliphatic heterocycles. The molecule has 0 amide bonds. The molecule has 0 spiro atoms. The minimum absolute atomic E-state index is 0.0266. The van der Waals surface area contributed by atoms with Gasteiger partial charge in [0.2, 0.25) is 0 Å². The maximum atomic E-state index is 10.6. The fourth-order valence-corrected chi connectivity index (χ4v) is 0.617. The highest BCUT2D eigenvalue weighted by Crippen LogP contribution is 2.03. The molecule has 0 aromatic carbocycles. The Balaban J connectivity index is 0. The molecular formula is C8H13Cl3O4. The summed E-state index contributed by atoms with van der Waals surface area (Å²) in [4.78, 5) is 20.6. The normalized spacial score (nSPS) is 9.13. The molecule has 0 heterocycles. The number of halogens is 3. The van der Waals surface area contributed by atoms with Gasteiger partial charge in [0.1, 0.15) is 0 Å². The molecule has 0 aromatic heterocycles. The Morgan fingerprint density at radius 2 is 1.73 bits per heavy atom. The summed E-state index contributed by atoms with van der Waals surface area (Å²) in [6, 6.07) is 0. The van der Waals surface area contributed by atoms with Crippen molar-refractivity contribution in [3.05, 3.63) is 0 Å². The van der Waals surface area contributed by atoms with Gasteiger partial charge in [-0.25, -0.2) is 0 Å². The van der Waals surface area contributed by atoms with Crippen molar-refractivity contribution in [3.63, 3.8) is 0 Å². The summed E-state index contributed by atoms with van der Waals surface area (Å²) in [5, 5.41) is 8.20. The average Bonchev–Trinajstić information content (AvgIpc) is 2.02. The third-order valence-corrected chi connectivity index (χ3v) is 1.08. The van der Waals surface area contributed by atoms with Gasteiger partial charge in [-0.3, -0.25) is 9.59 Å². The maximum absolute atomic E-state index is 10.6. The lowest BCUT2D eigenvalue weighted by Crippen LogP contribution is -2.04. The van der Waals surface area contributed by atoms with E-state index >= 15 is 0 Å². The molecule has 7 heteroatoms. The minimum Gasteiger partial charge on any atom is -0.481 e. The van der Waals surface area contributed by atoms with Gasteiger partial charge in [-0.1, -0.05) is 34.8 Å². The summed E-state index contributed by atoms with van der Waals surface area (Å²) < 4.78 is 3.84. The summed E-state index contributed by atoms with van der Waals surface area (Å²) in [6.07, 6.45) is 0.577. The topological polar surface area (TPSA) is 63.6 Å². The van der Waals surface area contributed by atoms with E-state index in [1.807, 2.05) is 0 Å². The van der Waals surface area contributed by atoms with Crippen molar-refractivity contribution in [3.8, 4) is 0 Å². The van der Waals surface area contributed by atoms with Crippen LogP contribution >= 0.6 is 34.8 Å². The Kier molecular flexibility index (Phi) is 13.6. The van der Waals surface area contributed by atoms with E-state index in [-0.39, 0.29) is 18.8 Å². The lowest BCUT2D eigenvalue weighted by Gasteiger charge is -1.98. The van der Waals surface area contributed by atoms with E-state index in [1.165, 1.54) is 0 Å². The zero-order valence-corrected chi connectivity index (χ0v) is 10.5. The minimum atomic E-state index is -0.880. The summed E-state index contributed by atoms with van der Waals surface area (Å²) >= 11 is 14.4. The van der Waals surface area contributed by atoms with Gasteiger partial charge in [0.15, 0.2) is 4.30 Å². The van der Waals surface area contributed by atoms with Crippen molar-refractivity contribution in [2.45, 2.75) is 30.5 Å². The summed E-state index contributed by atoms with van der Waals surface area (Å²) in [5.41, 5.74) is 0. The van der Waals surface area contributed by atoms with Gasteiger partial charge in [-0.15, -0.1) is 0 Å². The van der Waals surface area contributed by atoms with Crippen LogP contribution in [0.25, 0.3) is 0 Å². The second-order valence-electron chi connectivity index (χ2n) is 2.30. The highest BCUT2D eigenvalue weighted by atomic mass is 35.6. The Morgan fingerprint density at radius 1 is 1.27 bits per heavy atom. The van der Waals surface area contributed by atoms with Gasteiger partial charge in [-0.05, 0) is 13.3 Å². The molecule has 4 nitrogen and oxygen atoms in total. The molecule has 0 saturated carbocycles. The van der Waals surface area contributed by atoms with E-state index in [0.29, 0.717) is 13.0 Å². The number of esters is 1. The van der Waals surface area contributed by atoms with Gasteiger partial charge in [0.25, 0.3) is 0 Å². The Morgan fingerprint density at radius 3 is 2.07 bits per heavy atom. The smallest absolute Gasteiger partial charge is 0.305 e. The highest BCUT2D eigenvalue weighted by Gasteiger charge is 2.02. The molecule has 0 rings (SSSR count). The molecule has 0 radical (unpaired) electrons. The molecule has 90 valence electrons. The molecule has 0 saturated heterocycles. The van der Waals surface area contributed by atoms with Crippen molar-refractivity contribution in [2.75, 3.05) is 6.61 Å². The number of carbonyl (C=O) groups is 2. The molecule has 0 bridgehead atoms. The van der Waals surface area contributed by atoms with Gasteiger partial charge < -0.3 is 9.84 Å². The second kappa shape index (κ2) is 11.9. The number of aliphatic carboxylic acids is 1. The van der Waals surface area contributed by atoms with Crippen molar-refractivity contribution in [2.24, 2.45) is 0 Å². The molecule has 0 aliphatic rings. The van der Waals surface area contributed by atoms with Crippen LogP contribution in [0.3, 0.4) is 0 Å². The molecule has 0 unspecified atom stereocenters. The Hall–Kier alpha value is -0.190. The molecule has 1 N–H and O–H groups in total. The Bertz CT molecular complexity index is 182. The number of carboxylic acids is 1. The van der Waals surface area contributed by atoms with E-state index in [2.05, 4.69) is 4.74 Å². The van der Waals surface area contributed by atoms with Crippen LogP contribution in [0, 0.1) is 0 Å². The van der Waals surface area contributed by atoms with Crippen LogP contribution < -0.4 is 0 Å². The van der Waals surface area contributed by atoms with E-state index in [9.17, 15) is 9.59 Å². The van der Waals surface area contributed by atoms with Crippen LogP contribution in [-0.4, -0.2) is 27.9 Å². The van der Waals surface area contributed by atoms with Crippen LogP contribution in [0.2, 0.25) is 0 Å². The number of hydrogen-bond donors (Lipinski definition) is 1. The average molecular weight is 280 g/mol. The van der Waals surface area contributed by atoms with Crippen molar-refractivity contribution in [1.29, 1.82) is 0 Å². The predicted octanol–water partition coefficient (Wildman–Crippen LogP) is 2.79. The first-order valence-corrected chi connectivity index (χ1v) is 5.50. The molecule has 0 atom stereocenters. The van der Waals surface area contributed by atoms with Crippen molar-refractivity contribution >= 4 is 46.7 Å². The highest BCUT2D eigenvalue weighted by molar-refractivity contribution is 6.63. The third kappa shape index (κ3) is 24.8. The monoisotopic (exact) mass is 278 g/mol. The number of carbonyl (C=O) groups excluding carboxylic acids is 1. The van der Waals surface area contributed by atoms with Crippen molar-refractivity contribution < 1.29 is 19.4 Å². The predicted molar refractivity (Wildman–Crippen MR) is 59.5 cm³/mol. The zero-order valence-electron chi connectivity index (χ0n) is 8.21. The van der Waals surface area contributed by atoms with Crippen LogP contribution in [0.5, 0.6) is 0 Å². The number of ether oxygens (including phenoxy) is 1. The number of carboxylic acid groups (broad SMARTS) is 1. The first kappa shape index (κ1) is 17.2. The van der Waals surface area contributed by atoms with Crippen molar-refractivity contribution in [1.82, 2.24) is 0 Å². The van der Waals surface area contributed by atoms with Gasteiger partial charge >= 0.3 is 11.9 Å². The quantitative estimate of drug-likeness (QED) is 0.621. The molecule has 0 aliphatic carbocycles. The largest absolute Gasteiger partial charge is 0.481 e. The fourth-order valence-electron chi connectivity index (χ4n) is 0.617. The molecule has 0 fully saturated rings. The van der Waals surface area contributed by atoms with Gasteiger partial charge in [0, 0.05) is 12.8 Å². The van der Waals surface area contributed by atoms with Crippen LogP contribution in [0.4, 0.5) is 0 Å². The lowest BCUT2D eigenvalue weighted by atomic mass is 10.2. The van der Waals surface area contributed by atoms with E-state index in [0.717, 1.165) is 0 Å². The van der Waals surface area contributed by atoms with E-state index < -0.39 is 10.3 Å². The van der Waals surface area contributed by atoms with Crippen LogP contribution in [0.1, 0.15) is 26.2 Å². The lowest BCUT2D eigenvalue weighted by molar-refractivity contribution is -0.143. The van der Waals surface area contributed by atoms with Gasteiger partial charge in [0.05, 0.1) is 6.61 Å². The van der Waals surface area contributed by atoms with Crippen LogP contribution in [-0.2, 0) is 14.3 Å². The zero-order chi connectivity index (χ0) is 12.3. The van der Waals surface area contributed by atoms with Gasteiger partial charge in [-0.2, -0.15) is 0 Å². The molecule has 15 heavy (non-hydrogen) atoms.